The maximum absolute atomic E-state index is 6.26. The molecule has 0 bridgehead atoms. The first kappa shape index (κ1) is 13.7. The molecule has 0 aliphatic rings. The Bertz CT molecular complexity index is 554. The van der Waals surface area contributed by atoms with Crippen molar-refractivity contribution in [1.82, 2.24) is 9.78 Å². The van der Waals surface area contributed by atoms with Gasteiger partial charge in [0.1, 0.15) is 12.4 Å². The minimum atomic E-state index is 0.433. The molecule has 0 spiro atoms. The average Bonchev–Trinajstić information content (AvgIpc) is 2.62. The second-order valence-electron chi connectivity index (χ2n) is 3.93. The van der Waals surface area contributed by atoms with Gasteiger partial charge in [-0.25, -0.2) is 0 Å². The van der Waals surface area contributed by atoms with E-state index in [1.54, 1.807) is 4.68 Å². The lowest BCUT2D eigenvalue weighted by atomic mass is 10.3. The number of halogens is 2. The lowest BCUT2D eigenvalue weighted by Crippen LogP contribution is -2.03. The number of aromatic nitrogens is 2. The van der Waals surface area contributed by atoms with Crippen molar-refractivity contribution in [3.05, 3.63) is 44.2 Å². The van der Waals surface area contributed by atoms with Crippen LogP contribution in [0.15, 0.2) is 24.3 Å². The van der Waals surface area contributed by atoms with E-state index in [1.165, 1.54) is 0 Å². The molecule has 2 rings (SSSR count). The fourth-order valence-electron chi connectivity index (χ4n) is 1.69. The quantitative estimate of drug-likeness (QED) is 0.759. The Morgan fingerprint density at radius 1 is 1.44 bits per heavy atom. The molecule has 0 unspecified atom stereocenters. The van der Waals surface area contributed by atoms with E-state index in [4.69, 9.17) is 16.3 Å². The normalized spacial score (nSPS) is 10.7. The fraction of sp³-hybridized carbons (Fsp3) is 0.308. The van der Waals surface area contributed by atoms with Gasteiger partial charge in [-0.3, -0.25) is 4.68 Å². The standard InChI is InChI=1S/C13H14ClIN2O/c1-3-11-13(14)12(17(2)16-11)8-18-10-6-4-5-9(15)7-10/h4-7H,3,8H2,1-2H3. The Kier molecular flexibility index (Phi) is 4.50. The van der Waals surface area contributed by atoms with Gasteiger partial charge < -0.3 is 4.74 Å². The van der Waals surface area contributed by atoms with Gasteiger partial charge in [-0.15, -0.1) is 0 Å². The SMILES string of the molecule is CCc1nn(C)c(COc2cccc(I)c2)c1Cl. The highest BCUT2D eigenvalue weighted by molar-refractivity contribution is 14.1. The van der Waals surface area contributed by atoms with Gasteiger partial charge in [0, 0.05) is 10.6 Å². The molecule has 0 N–H and O–H groups in total. The summed E-state index contributed by atoms with van der Waals surface area (Å²) in [6, 6.07) is 7.93. The predicted octanol–water partition coefficient (Wildman–Crippen LogP) is 3.82. The van der Waals surface area contributed by atoms with E-state index >= 15 is 0 Å². The summed E-state index contributed by atoms with van der Waals surface area (Å²) in [5.41, 5.74) is 1.83. The highest BCUT2D eigenvalue weighted by atomic mass is 127. The molecule has 5 heteroatoms. The minimum Gasteiger partial charge on any atom is -0.487 e. The van der Waals surface area contributed by atoms with Gasteiger partial charge in [0.05, 0.1) is 16.4 Å². The third-order valence-corrected chi connectivity index (χ3v) is 3.78. The fourth-order valence-corrected chi connectivity index (χ4v) is 2.55. The molecule has 0 saturated carbocycles. The van der Waals surface area contributed by atoms with Crippen LogP contribution in [0.2, 0.25) is 5.02 Å². The number of hydrogen-bond acceptors (Lipinski definition) is 2. The third kappa shape index (κ3) is 2.98. The van der Waals surface area contributed by atoms with Crippen molar-refractivity contribution in [2.75, 3.05) is 0 Å². The van der Waals surface area contributed by atoms with Crippen LogP contribution in [0, 0.1) is 3.57 Å². The molecule has 0 aliphatic carbocycles. The van der Waals surface area contributed by atoms with Crippen molar-refractivity contribution in [2.45, 2.75) is 20.0 Å². The highest BCUT2D eigenvalue weighted by Crippen LogP contribution is 2.23. The molecule has 1 aromatic carbocycles. The summed E-state index contributed by atoms with van der Waals surface area (Å²) in [5, 5.41) is 5.08. The molecule has 18 heavy (non-hydrogen) atoms. The van der Waals surface area contributed by atoms with Gasteiger partial charge >= 0.3 is 0 Å². The molecule has 2 aromatic rings. The molecule has 0 atom stereocenters. The van der Waals surface area contributed by atoms with E-state index in [9.17, 15) is 0 Å². The van der Waals surface area contributed by atoms with Gasteiger partial charge in [0.25, 0.3) is 0 Å². The Hall–Kier alpha value is -0.750. The van der Waals surface area contributed by atoms with Gasteiger partial charge in [-0.05, 0) is 47.2 Å². The molecular formula is C13H14ClIN2O. The molecule has 1 heterocycles. The van der Waals surface area contributed by atoms with Crippen LogP contribution in [0.25, 0.3) is 0 Å². The van der Waals surface area contributed by atoms with Crippen molar-refractivity contribution < 1.29 is 4.74 Å². The summed E-state index contributed by atoms with van der Waals surface area (Å²) < 4.78 is 8.68. The summed E-state index contributed by atoms with van der Waals surface area (Å²) >= 11 is 8.52. The summed E-state index contributed by atoms with van der Waals surface area (Å²) in [5.74, 6) is 0.845. The van der Waals surface area contributed by atoms with Crippen molar-refractivity contribution in [3.63, 3.8) is 0 Å². The highest BCUT2D eigenvalue weighted by Gasteiger charge is 2.13. The number of benzene rings is 1. The van der Waals surface area contributed by atoms with Crippen LogP contribution in [-0.2, 0) is 20.1 Å². The summed E-state index contributed by atoms with van der Waals surface area (Å²) in [6.07, 6.45) is 0.829. The first-order chi connectivity index (χ1) is 8.61. The monoisotopic (exact) mass is 376 g/mol. The Morgan fingerprint density at radius 3 is 2.83 bits per heavy atom. The Labute approximate surface area is 125 Å². The second kappa shape index (κ2) is 5.93. The zero-order valence-corrected chi connectivity index (χ0v) is 13.2. The van der Waals surface area contributed by atoms with Gasteiger partial charge in [0.15, 0.2) is 0 Å². The van der Waals surface area contributed by atoms with E-state index < -0.39 is 0 Å². The van der Waals surface area contributed by atoms with Crippen LogP contribution in [0.1, 0.15) is 18.3 Å². The molecule has 0 amide bonds. The maximum Gasteiger partial charge on any atom is 0.131 e. The predicted molar refractivity (Wildman–Crippen MR) is 81.1 cm³/mol. The van der Waals surface area contributed by atoms with E-state index in [0.29, 0.717) is 11.6 Å². The number of ether oxygens (including phenoxy) is 1. The van der Waals surface area contributed by atoms with E-state index in [1.807, 2.05) is 38.2 Å². The minimum absolute atomic E-state index is 0.433. The van der Waals surface area contributed by atoms with E-state index in [0.717, 1.165) is 27.1 Å². The lowest BCUT2D eigenvalue weighted by molar-refractivity contribution is 0.295. The largest absolute Gasteiger partial charge is 0.487 e. The van der Waals surface area contributed by atoms with Crippen LogP contribution >= 0.6 is 34.2 Å². The smallest absolute Gasteiger partial charge is 0.131 e. The third-order valence-electron chi connectivity index (χ3n) is 2.67. The van der Waals surface area contributed by atoms with Crippen LogP contribution in [-0.4, -0.2) is 9.78 Å². The van der Waals surface area contributed by atoms with Crippen molar-refractivity contribution >= 4 is 34.2 Å². The van der Waals surface area contributed by atoms with E-state index in [-0.39, 0.29) is 0 Å². The summed E-state index contributed by atoms with van der Waals surface area (Å²) in [6.45, 7) is 2.47. The number of aryl methyl sites for hydroxylation is 2. The number of nitrogens with zero attached hydrogens (tertiary/aromatic N) is 2. The van der Waals surface area contributed by atoms with E-state index in [2.05, 4.69) is 27.7 Å². The maximum atomic E-state index is 6.26. The van der Waals surface area contributed by atoms with Crippen molar-refractivity contribution in [2.24, 2.45) is 7.05 Å². The first-order valence-electron chi connectivity index (χ1n) is 5.70. The first-order valence-corrected chi connectivity index (χ1v) is 7.16. The van der Waals surface area contributed by atoms with Crippen LogP contribution in [0.5, 0.6) is 5.75 Å². The van der Waals surface area contributed by atoms with Crippen LogP contribution < -0.4 is 4.74 Å². The van der Waals surface area contributed by atoms with Crippen LogP contribution in [0.3, 0.4) is 0 Å². The zero-order chi connectivity index (χ0) is 13.1. The molecule has 0 aliphatic heterocycles. The molecule has 1 aromatic heterocycles. The Balaban J connectivity index is 2.13. The average molecular weight is 377 g/mol. The summed E-state index contributed by atoms with van der Waals surface area (Å²) in [7, 11) is 1.89. The summed E-state index contributed by atoms with van der Waals surface area (Å²) in [4.78, 5) is 0. The number of rotatable bonds is 4. The van der Waals surface area contributed by atoms with Crippen molar-refractivity contribution in [3.8, 4) is 5.75 Å². The lowest BCUT2D eigenvalue weighted by Gasteiger charge is -2.07. The molecule has 3 nitrogen and oxygen atoms in total. The Morgan fingerprint density at radius 2 is 2.22 bits per heavy atom. The molecule has 0 fully saturated rings. The van der Waals surface area contributed by atoms with Gasteiger partial charge in [-0.2, -0.15) is 5.10 Å². The second-order valence-corrected chi connectivity index (χ2v) is 5.55. The topological polar surface area (TPSA) is 27.1 Å². The van der Waals surface area contributed by atoms with Gasteiger partial charge in [0.2, 0.25) is 0 Å². The van der Waals surface area contributed by atoms with Gasteiger partial charge in [-0.1, -0.05) is 24.6 Å². The molecule has 0 saturated heterocycles. The van der Waals surface area contributed by atoms with Crippen LogP contribution in [0.4, 0.5) is 0 Å². The molecule has 96 valence electrons. The number of hydrogen-bond donors (Lipinski definition) is 0. The zero-order valence-electron chi connectivity index (χ0n) is 10.3. The molecular weight excluding hydrogens is 363 g/mol. The molecule has 0 radical (unpaired) electrons. The van der Waals surface area contributed by atoms with Crippen molar-refractivity contribution in [1.29, 1.82) is 0 Å².